The first-order chi connectivity index (χ1) is 6.95. The molecule has 2 nitrogen and oxygen atoms in total. The summed E-state index contributed by atoms with van der Waals surface area (Å²) in [6.07, 6.45) is 8.74. The normalized spacial score (nSPS) is 17.1. The van der Waals surface area contributed by atoms with Gasteiger partial charge in [0.1, 0.15) is 0 Å². The number of rotatable bonds is 3. The maximum absolute atomic E-state index is 4.30. The lowest BCUT2D eigenvalue weighted by Gasteiger charge is -2.22. The van der Waals surface area contributed by atoms with Gasteiger partial charge in [-0.25, -0.2) is 0 Å². The molecule has 1 aliphatic carbocycles. The van der Waals surface area contributed by atoms with Crippen molar-refractivity contribution in [2.45, 2.75) is 44.7 Å². The van der Waals surface area contributed by atoms with Crippen LogP contribution in [-0.4, -0.2) is 11.0 Å². The smallest absolute Gasteiger partial charge is 0.0541 e. The van der Waals surface area contributed by atoms with Gasteiger partial charge < -0.3 is 5.32 Å². The van der Waals surface area contributed by atoms with E-state index in [-0.39, 0.29) is 12.4 Å². The fourth-order valence-corrected chi connectivity index (χ4v) is 2.06. The van der Waals surface area contributed by atoms with Gasteiger partial charge in [0, 0.05) is 18.8 Å². The number of hydrogen-bond acceptors (Lipinski definition) is 2. The first-order valence-corrected chi connectivity index (χ1v) is 5.58. The van der Waals surface area contributed by atoms with Crippen LogP contribution in [0.4, 0.5) is 0 Å². The molecule has 0 amide bonds. The van der Waals surface area contributed by atoms with Crippen molar-refractivity contribution in [3.8, 4) is 0 Å². The molecule has 0 spiro atoms. The van der Waals surface area contributed by atoms with Gasteiger partial charge in [0.15, 0.2) is 0 Å². The van der Waals surface area contributed by atoms with Crippen LogP contribution in [-0.2, 0) is 6.54 Å². The van der Waals surface area contributed by atoms with Gasteiger partial charge >= 0.3 is 0 Å². The lowest BCUT2D eigenvalue weighted by molar-refractivity contribution is 0.371. The molecule has 1 N–H and O–H groups in total. The zero-order valence-corrected chi connectivity index (χ0v) is 9.80. The van der Waals surface area contributed by atoms with Crippen molar-refractivity contribution in [3.63, 3.8) is 0 Å². The summed E-state index contributed by atoms with van der Waals surface area (Å²) < 4.78 is 0. The van der Waals surface area contributed by atoms with E-state index in [0.29, 0.717) is 0 Å². The molecule has 1 aliphatic rings. The van der Waals surface area contributed by atoms with Crippen LogP contribution in [0.25, 0.3) is 0 Å². The first-order valence-electron chi connectivity index (χ1n) is 5.58. The second-order valence-corrected chi connectivity index (χ2v) is 4.04. The van der Waals surface area contributed by atoms with Crippen molar-refractivity contribution in [2.75, 3.05) is 0 Å². The van der Waals surface area contributed by atoms with Gasteiger partial charge in [0.2, 0.25) is 0 Å². The second kappa shape index (κ2) is 6.81. The Morgan fingerprint density at radius 3 is 2.67 bits per heavy atom. The molecule has 0 bridgehead atoms. The van der Waals surface area contributed by atoms with Gasteiger partial charge in [0.25, 0.3) is 0 Å². The molecule has 0 aromatic carbocycles. The molecule has 2 rings (SSSR count). The van der Waals surface area contributed by atoms with Gasteiger partial charge in [-0.3, -0.25) is 4.98 Å². The summed E-state index contributed by atoms with van der Waals surface area (Å²) in [5, 5.41) is 3.58. The van der Waals surface area contributed by atoms with E-state index in [1.165, 1.54) is 32.1 Å². The highest BCUT2D eigenvalue weighted by atomic mass is 35.5. The molecule has 1 saturated carbocycles. The molecule has 0 aliphatic heterocycles. The van der Waals surface area contributed by atoms with Crippen molar-refractivity contribution in [1.82, 2.24) is 10.3 Å². The molecule has 15 heavy (non-hydrogen) atoms. The van der Waals surface area contributed by atoms with Crippen LogP contribution >= 0.6 is 12.4 Å². The predicted octanol–water partition coefficient (Wildman–Crippen LogP) is 2.93. The second-order valence-electron chi connectivity index (χ2n) is 4.04. The SMILES string of the molecule is Cl.c1ccc(CNC2CCCCC2)nc1. The van der Waals surface area contributed by atoms with E-state index < -0.39 is 0 Å². The van der Waals surface area contributed by atoms with Crippen molar-refractivity contribution < 1.29 is 0 Å². The lowest BCUT2D eigenvalue weighted by atomic mass is 9.95. The first kappa shape index (κ1) is 12.5. The molecule has 0 unspecified atom stereocenters. The van der Waals surface area contributed by atoms with Crippen LogP contribution in [0.5, 0.6) is 0 Å². The topological polar surface area (TPSA) is 24.9 Å². The number of nitrogens with one attached hydrogen (secondary N) is 1. The standard InChI is InChI=1S/C12H18N2.ClH/c1-2-6-11(7-3-1)14-10-12-8-4-5-9-13-12;/h4-5,8-9,11,14H,1-3,6-7,10H2;1H. The van der Waals surface area contributed by atoms with Crippen LogP contribution in [0.2, 0.25) is 0 Å². The van der Waals surface area contributed by atoms with Crippen LogP contribution in [0, 0.1) is 0 Å². The van der Waals surface area contributed by atoms with Crippen LogP contribution in [0.1, 0.15) is 37.8 Å². The lowest BCUT2D eigenvalue weighted by Crippen LogP contribution is -2.30. The maximum atomic E-state index is 4.30. The molecular weight excluding hydrogens is 208 g/mol. The van der Waals surface area contributed by atoms with Crippen molar-refractivity contribution in [2.24, 2.45) is 0 Å². The Labute approximate surface area is 97.9 Å². The summed E-state index contributed by atoms with van der Waals surface area (Å²) in [4.78, 5) is 4.30. The molecule has 0 radical (unpaired) electrons. The third-order valence-electron chi connectivity index (χ3n) is 2.90. The highest BCUT2D eigenvalue weighted by Gasteiger charge is 2.12. The Kier molecular flexibility index (Phi) is 5.66. The van der Waals surface area contributed by atoms with Gasteiger partial charge in [-0.15, -0.1) is 12.4 Å². The average Bonchev–Trinajstić information content (AvgIpc) is 2.29. The number of halogens is 1. The Morgan fingerprint density at radius 2 is 2.00 bits per heavy atom. The minimum atomic E-state index is 0. The minimum absolute atomic E-state index is 0. The third-order valence-corrected chi connectivity index (χ3v) is 2.90. The van der Waals surface area contributed by atoms with E-state index in [2.05, 4.69) is 16.4 Å². The average molecular weight is 227 g/mol. The highest BCUT2D eigenvalue weighted by Crippen LogP contribution is 2.17. The molecular formula is C12H19ClN2. The highest BCUT2D eigenvalue weighted by molar-refractivity contribution is 5.85. The number of aromatic nitrogens is 1. The number of pyridine rings is 1. The molecule has 1 aromatic heterocycles. The van der Waals surface area contributed by atoms with Gasteiger partial charge in [-0.05, 0) is 25.0 Å². The maximum Gasteiger partial charge on any atom is 0.0541 e. The molecule has 0 atom stereocenters. The zero-order chi connectivity index (χ0) is 9.64. The summed E-state index contributed by atoms with van der Waals surface area (Å²) in [6, 6.07) is 6.82. The Hall–Kier alpha value is -0.600. The van der Waals surface area contributed by atoms with E-state index in [1.807, 2.05) is 18.3 Å². The molecule has 1 fully saturated rings. The largest absolute Gasteiger partial charge is 0.308 e. The Balaban J connectivity index is 0.00000112. The third kappa shape index (κ3) is 4.18. The fourth-order valence-electron chi connectivity index (χ4n) is 2.06. The molecule has 1 heterocycles. The van der Waals surface area contributed by atoms with E-state index in [1.54, 1.807) is 0 Å². The van der Waals surface area contributed by atoms with Crippen molar-refractivity contribution in [1.29, 1.82) is 0 Å². The molecule has 1 aromatic rings. The minimum Gasteiger partial charge on any atom is -0.308 e. The van der Waals surface area contributed by atoms with E-state index >= 15 is 0 Å². The van der Waals surface area contributed by atoms with Gasteiger partial charge in [-0.2, -0.15) is 0 Å². The summed E-state index contributed by atoms with van der Waals surface area (Å²) in [6.45, 7) is 0.922. The van der Waals surface area contributed by atoms with Gasteiger partial charge in [-0.1, -0.05) is 25.3 Å². The van der Waals surface area contributed by atoms with Gasteiger partial charge in [0.05, 0.1) is 5.69 Å². The summed E-state index contributed by atoms with van der Waals surface area (Å²) in [5.41, 5.74) is 1.15. The zero-order valence-electron chi connectivity index (χ0n) is 8.98. The molecule has 3 heteroatoms. The molecule has 84 valence electrons. The van der Waals surface area contributed by atoms with Crippen LogP contribution < -0.4 is 5.32 Å². The summed E-state index contributed by atoms with van der Waals surface area (Å²) in [5.74, 6) is 0. The monoisotopic (exact) mass is 226 g/mol. The summed E-state index contributed by atoms with van der Waals surface area (Å²) in [7, 11) is 0. The summed E-state index contributed by atoms with van der Waals surface area (Å²) >= 11 is 0. The Bertz CT molecular complexity index is 258. The van der Waals surface area contributed by atoms with Crippen molar-refractivity contribution in [3.05, 3.63) is 30.1 Å². The van der Waals surface area contributed by atoms with E-state index in [0.717, 1.165) is 18.3 Å². The number of hydrogen-bond donors (Lipinski definition) is 1. The van der Waals surface area contributed by atoms with E-state index in [9.17, 15) is 0 Å². The Morgan fingerprint density at radius 1 is 1.20 bits per heavy atom. The fraction of sp³-hybridized carbons (Fsp3) is 0.583. The quantitative estimate of drug-likeness (QED) is 0.858. The van der Waals surface area contributed by atoms with Crippen LogP contribution in [0.3, 0.4) is 0 Å². The number of nitrogens with zero attached hydrogens (tertiary/aromatic N) is 1. The predicted molar refractivity (Wildman–Crippen MR) is 65.2 cm³/mol. The van der Waals surface area contributed by atoms with Crippen LogP contribution in [0.15, 0.2) is 24.4 Å². The molecule has 0 saturated heterocycles. The van der Waals surface area contributed by atoms with E-state index in [4.69, 9.17) is 0 Å². The van der Waals surface area contributed by atoms with Crippen molar-refractivity contribution >= 4 is 12.4 Å².